The number of carbonyl (C=O) groups is 1. The number of benzene rings is 1. The molecule has 0 aliphatic rings. The van der Waals surface area contributed by atoms with Gasteiger partial charge in [0.05, 0.1) is 10.5 Å². The summed E-state index contributed by atoms with van der Waals surface area (Å²) in [5.74, 6) is -1.72. The quantitative estimate of drug-likeness (QED) is 0.657. The molecule has 1 amide bonds. The van der Waals surface area contributed by atoms with Gasteiger partial charge in [-0.05, 0) is 23.4 Å². The van der Waals surface area contributed by atoms with E-state index in [9.17, 15) is 19.3 Å². The van der Waals surface area contributed by atoms with Crippen LogP contribution in [-0.2, 0) is 7.05 Å². The van der Waals surface area contributed by atoms with E-state index in [0.717, 1.165) is 12.1 Å². The van der Waals surface area contributed by atoms with Crippen LogP contribution in [0.2, 0.25) is 0 Å². The summed E-state index contributed by atoms with van der Waals surface area (Å²) in [5.41, 5.74) is -0.822. The van der Waals surface area contributed by atoms with E-state index in [1.807, 2.05) is 0 Å². The minimum Gasteiger partial charge on any atom is -0.289 e. The fourth-order valence-corrected chi connectivity index (χ4v) is 1.64. The number of nitrogens with zero attached hydrogens (tertiary/aromatic N) is 5. The summed E-state index contributed by atoms with van der Waals surface area (Å²) >= 11 is 0. The van der Waals surface area contributed by atoms with Crippen LogP contribution in [-0.4, -0.2) is 31.0 Å². The molecule has 0 fully saturated rings. The highest BCUT2D eigenvalue weighted by atomic mass is 19.1. The van der Waals surface area contributed by atoms with Crippen molar-refractivity contribution in [3.63, 3.8) is 0 Å². The molecule has 0 aliphatic carbocycles. The number of carbonyl (C=O) groups excluding carboxylic acids is 1. The van der Waals surface area contributed by atoms with E-state index < -0.39 is 22.2 Å². The monoisotopic (exact) mass is 280 g/mol. The Labute approximate surface area is 111 Å². The van der Waals surface area contributed by atoms with Crippen molar-refractivity contribution in [2.45, 2.75) is 6.92 Å². The lowest BCUT2D eigenvalue weighted by molar-refractivity contribution is -0.385. The van der Waals surface area contributed by atoms with Crippen molar-refractivity contribution in [2.75, 3.05) is 5.32 Å². The number of tetrazole rings is 1. The third-order valence-corrected chi connectivity index (χ3v) is 2.65. The second-order valence-electron chi connectivity index (χ2n) is 3.90. The number of aromatic nitrogens is 4. The van der Waals surface area contributed by atoms with Crippen molar-refractivity contribution in [2.24, 2.45) is 7.05 Å². The highest BCUT2D eigenvalue weighted by Crippen LogP contribution is 2.24. The summed E-state index contributed by atoms with van der Waals surface area (Å²) in [6, 6.07) is 1.88. The number of halogens is 1. The number of rotatable bonds is 3. The first kappa shape index (κ1) is 13.5. The van der Waals surface area contributed by atoms with E-state index in [1.165, 1.54) is 18.7 Å². The number of amides is 1. The van der Waals surface area contributed by atoms with Crippen molar-refractivity contribution < 1.29 is 14.1 Å². The highest BCUT2D eigenvalue weighted by Gasteiger charge is 2.23. The molecule has 2 aromatic rings. The second kappa shape index (κ2) is 4.99. The maximum atomic E-state index is 13.7. The molecule has 0 bridgehead atoms. The molecule has 0 unspecified atom stereocenters. The van der Waals surface area contributed by atoms with Crippen molar-refractivity contribution >= 4 is 17.5 Å². The van der Waals surface area contributed by atoms with Crippen LogP contribution >= 0.6 is 0 Å². The standard InChI is InChI=1S/C10H9FN6O3/c1-5-7(17(19)20)4-3-6(11)8(5)9(18)12-10-13-14-15-16(10)2/h3-4H,1-2H3,(H,12,13,15,18). The zero-order valence-corrected chi connectivity index (χ0v) is 10.5. The van der Waals surface area contributed by atoms with E-state index in [1.54, 1.807) is 0 Å². The SMILES string of the molecule is Cc1c([N+](=O)[O-])ccc(F)c1C(=O)Nc1nnnn1C. The van der Waals surface area contributed by atoms with Gasteiger partial charge in [-0.15, -0.1) is 0 Å². The number of nitro benzene ring substituents is 1. The lowest BCUT2D eigenvalue weighted by atomic mass is 10.1. The second-order valence-corrected chi connectivity index (χ2v) is 3.90. The Bertz CT molecular complexity index is 698. The van der Waals surface area contributed by atoms with E-state index in [4.69, 9.17) is 0 Å². The van der Waals surface area contributed by atoms with Crippen molar-refractivity contribution in [3.8, 4) is 0 Å². The van der Waals surface area contributed by atoms with Gasteiger partial charge in [-0.25, -0.2) is 9.07 Å². The largest absolute Gasteiger partial charge is 0.289 e. The predicted octanol–water partition coefficient (Wildman–Crippen LogP) is 0.818. The third-order valence-electron chi connectivity index (χ3n) is 2.65. The smallest absolute Gasteiger partial charge is 0.273 e. The Kier molecular flexibility index (Phi) is 3.37. The van der Waals surface area contributed by atoms with Crippen LogP contribution in [0.1, 0.15) is 15.9 Å². The normalized spacial score (nSPS) is 10.3. The zero-order chi connectivity index (χ0) is 14.9. The third kappa shape index (κ3) is 2.30. The number of aryl methyl sites for hydroxylation is 1. The number of hydrogen-bond donors (Lipinski definition) is 1. The summed E-state index contributed by atoms with van der Waals surface area (Å²) < 4.78 is 14.9. The van der Waals surface area contributed by atoms with Crippen LogP contribution in [0.3, 0.4) is 0 Å². The Morgan fingerprint density at radius 3 is 2.75 bits per heavy atom. The average molecular weight is 280 g/mol. The molecule has 0 atom stereocenters. The highest BCUT2D eigenvalue weighted by molar-refractivity contribution is 6.05. The van der Waals surface area contributed by atoms with Gasteiger partial charge in [0.15, 0.2) is 0 Å². The van der Waals surface area contributed by atoms with Crippen molar-refractivity contribution in [1.29, 1.82) is 0 Å². The molecule has 0 saturated heterocycles. The van der Waals surface area contributed by atoms with Gasteiger partial charge >= 0.3 is 0 Å². The molecule has 0 aliphatic heterocycles. The molecule has 1 aromatic heterocycles. The van der Waals surface area contributed by atoms with Gasteiger partial charge in [0.1, 0.15) is 5.82 Å². The number of nitro groups is 1. The zero-order valence-electron chi connectivity index (χ0n) is 10.5. The van der Waals surface area contributed by atoms with Gasteiger partial charge < -0.3 is 0 Å². The summed E-state index contributed by atoms with van der Waals surface area (Å²) in [5, 5.41) is 23.4. The molecule has 2 rings (SSSR count). The Morgan fingerprint density at radius 1 is 1.50 bits per heavy atom. The molecule has 0 spiro atoms. The van der Waals surface area contributed by atoms with Crippen molar-refractivity contribution in [1.82, 2.24) is 20.2 Å². The van der Waals surface area contributed by atoms with Crippen LogP contribution in [0.25, 0.3) is 0 Å². The van der Waals surface area contributed by atoms with Crippen LogP contribution < -0.4 is 5.32 Å². The fourth-order valence-electron chi connectivity index (χ4n) is 1.64. The van der Waals surface area contributed by atoms with Gasteiger partial charge in [-0.2, -0.15) is 0 Å². The molecule has 1 aromatic carbocycles. The molecule has 1 N–H and O–H groups in total. The molecular weight excluding hydrogens is 271 g/mol. The molecule has 10 heteroatoms. The van der Waals surface area contributed by atoms with Gasteiger partial charge in [-0.3, -0.25) is 20.2 Å². The van der Waals surface area contributed by atoms with Crippen LogP contribution in [0, 0.1) is 22.9 Å². The lowest BCUT2D eigenvalue weighted by Gasteiger charge is -2.07. The maximum Gasteiger partial charge on any atom is 0.273 e. The molecule has 20 heavy (non-hydrogen) atoms. The fraction of sp³-hybridized carbons (Fsp3) is 0.200. The molecular formula is C10H9FN6O3. The van der Waals surface area contributed by atoms with E-state index >= 15 is 0 Å². The molecule has 9 nitrogen and oxygen atoms in total. The lowest BCUT2D eigenvalue weighted by Crippen LogP contribution is -2.18. The summed E-state index contributed by atoms with van der Waals surface area (Å²) in [4.78, 5) is 22.1. The van der Waals surface area contributed by atoms with Crippen LogP contribution in [0.15, 0.2) is 12.1 Å². The van der Waals surface area contributed by atoms with Crippen molar-refractivity contribution in [3.05, 3.63) is 39.2 Å². The minimum atomic E-state index is -0.860. The predicted molar refractivity (Wildman–Crippen MR) is 64.5 cm³/mol. The number of anilines is 1. The number of hydrogen-bond acceptors (Lipinski definition) is 6. The van der Waals surface area contributed by atoms with Gasteiger partial charge in [0, 0.05) is 18.7 Å². The van der Waals surface area contributed by atoms with E-state index in [2.05, 4.69) is 20.8 Å². The van der Waals surface area contributed by atoms with Gasteiger partial charge in [-0.1, -0.05) is 5.10 Å². The number of nitrogens with one attached hydrogen (secondary N) is 1. The van der Waals surface area contributed by atoms with E-state index in [-0.39, 0.29) is 17.2 Å². The van der Waals surface area contributed by atoms with Crippen LogP contribution in [0.4, 0.5) is 16.0 Å². The Hall–Kier alpha value is -2.91. The maximum absolute atomic E-state index is 13.7. The molecule has 0 radical (unpaired) electrons. The Balaban J connectivity index is 2.42. The first-order valence-electron chi connectivity index (χ1n) is 5.39. The first-order chi connectivity index (χ1) is 9.41. The van der Waals surface area contributed by atoms with E-state index in [0.29, 0.717) is 0 Å². The summed E-state index contributed by atoms with van der Waals surface area (Å²) in [7, 11) is 1.48. The summed E-state index contributed by atoms with van der Waals surface area (Å²) in [6.07, 6.45) is 0. The minimum absolute atomic E-state index is 0.000283. The van der Waals surface area contributed by atoms with Gasteiger partial charge in [0.25, 0.3) is 11.6 Å². The topological polar surface area (TPSA) is 116 Å². The first-order valence-corrected chi connectivity index (χ1v) is 5.39. The molecule has 1 heterocycles. The van der Waals surface area contributed by atoms with Crippen LogP contribution in [0.5, 0.6) is 0 Å². The Morgan fingerprint density at radius 2 is 2.20 bits per heavy atom. The average Bonchev–Trinajstić information content (AvgIpc) is 2.74. The molecule has 0 saturated carbocycles. The summed E-state index contributed by atoms with van der Waals surface area (Å²) in [6.45, 7) is 1.30. The molecule has 104 valence electrons. The van der Waals surface area contributed by atoms with Gasteiger partial charge in [0.2, 0.25) is 5.95 Å².